The fraction of sp³-hybridized carbons (Fsp3) is 0.143. The number of thiocarbonyl (C=S) groups is 1. The third-order valence-electron chi connectivity index (χ3n) is 4.30. The van der Waals surface area contributed by atoms with E-state index in [1.165, 1.54) is 4.90 Å². The summed E-state index contributed by atoms with van der Waals surface area (Å²) < 4.78 is 5.40. The summed E-state index contributed by atoms with van der Waals surface area (Å²) in [4.78, 5) is 26.5. The van der Waals surface area contributed by atoms with Crippen molar-refractivity contribution in [2.24, 2.45) is 5.10 Å². The predicted molar refractivity (Wildman–Crippen MR) is 115 cm³/mol. The van der Waals surface area contributed by atoms with Crippen LogP contribution in [-0.4, -0.2) is 41.7 Å². The topological polar surface area (TPSA) is 83.0 Å². The SMILES string of the molecule is C=CCNC(=S)N/N=C/c1ccc(OC)c(CN2C(=O)c3ccccc3C2=O)c1. The molecule has 8 heteroatoms. The van der Waals surface area contributed by atoms with Gasteiger partial charge >= 0.3 is 0 Å². The van der Waals surface area contributed by atoms with Crippen molar-refractivity contribution in [3.63, 3.8) is 0 Å². The molecule has 0 aliphatic carbocycles. The van der Waals surface area contributed by atoms with E-state index < -0.39 is 0 Å². The summed E-state index contributed by atoms with van der Waals surface area (Å²) in [5, 5.41) is 7.36. The van der Waals surface area contributed by atoms with Crippen LogP contribution in [0.4, 0.5) is 0 Å². The lowest BCUT2D eigenvalue weighted by molar-refractivity contribution is 0.0641. The lowest BCUT2D eigenvalue weighted by Gasteiger charge is -2.16. The number of rotatable bonds is 7. The lowest BCUT2D eigenvalue weighted by Crippen LogP contribution is -2.31. The van der Waals surface area contributed by atoms with Gasteiger partial charge in [0.05, 0.1) is 31.0 Å². The number of carbonyl (C=O) groups is 2. The molecule has 29 heavy (non-hydrogen) atoms. The number of nitrogens with one attached hydrogen (secondary N) is 2. The summed E-state index contributed by atoms with van der Waals surface area (Å²) in [5.74, 6) is -0.0473. The fourth-order valence-corrected chi connectivity index (χ4v) is 3.06. The van der Waals surface area contributed by atoms with E-state index in [0.29, 0.717) is 34.1 Å². The maximum absolute atomic E-state index is 12.6. The molecule has 2 N–H and O–H groups in total. The number of hydrogen-bond acceptors (Lipinski definition) is 5. The number of imide groups is 1. The van der Waals surface area contributed by atoms with E-state index in [-0.39, 0.29) is 18.4 Å². The number of benzene rings is 2. The number of methoxy groups -OCH3 is 1. The zero-order valence-corrected chi connectivity index (χ0v) is 16.7. The average molecular weight is 408 g/mol. The highest BCUT2D eigenvalue weighted by molar-refractivity contribution is 7.80. The molecule has 0 atom stereocenters. The first kappa shape index (κ1) is 20.2. The third kappa shape index (κ3) is 4.49. The second kappa shape index (κ2) is 9.11. The highest BCUT2D eigenvalue weighted by Gasteiger charge is 2.35. The molecule has 1 aliphatic rings. The number of hydrogen-bond donors (Lipinski definition) is 2. The zero-order valence-electron chi connectivity index (χ0n) is 15.8. The average Bonchev–Trinajstić information content (AvgIpc) is 2.97. The minimum absolute atomic E-state index is 0.101. The van der Waals surface area contributed by atoms with Gasteiger partial charge in [0.2, 0.25) is 0 Å². The van der Waals surface area contributed by atoms with Gasteiger partial charge in [-0.2, -0.15) is 5.10 Å². The van der Waals surface area contributed by atoms with E-state index in [9.17, 15) is 9.59 Å². The van der Waals surface area contributed by atoms with Gasteiger partial charge in [-0.05, 0) is 48.1 Å². The van der Waals surface area contributed by atoms with Crippen molar-refractivity contribution in [1.29, 1.82) is 0 Å². The Morgan fingerprint density at radius 2 is 1.90 bits per heavy atom. The molecule has 0 fully saturated rings. The summed E-state index contributed by atoms with van der Waals surface area (Å²) in [6.45, 7) is 4.24. The van der Waals surface area contributed by atoms with Crippen LogP contribution < -0.4 is 15.5 Å². The number of nitrogens with zero attached hydrogens (tertiary/aromatic N) is 2. The Kier molecular flexibility index (Phi) is 6.36. The van der Waals surface area contributed by atoms with Gasteiger partial charge in [0.1, 0.15) is 5.75 Å². The normalized spacial score (nSPS) is 12.8. The van der Waals surface area contributed by atoms with Crippen molar-refractivity contribution in [1.82, 2.24) is 15.6 Å². The molecular formula is C21H20N4O3S. The minimum Gasteiger partial charge on any atom is -0.496 e. The Morgan fingerprint density at radius 1 is 1.21 bits per heavy atom. The molecule has 1 heterocycles. The fourth-order valence-electron chi connectivity index (χ4n) is 2.93. The van der Waals surface area contributed by atoms with Crippen molar-refractivity contribution in [3.05, 3.63) is 77.4 Å². The first-order valence-corrected chi connectivity index (χ1v) is 9.26. The second-order valence-electron chi connectivity index (χ2n) is 6.18. The van der Waals surface area contributed by atoms with E-state index in [4.69, 9.17) is 17.0 Å². The molecule has 7 nitrogen and oxygen atoms in total. The number of amides is 2. The van der Waals surface area contributed by atoms with Crippen molar-refractivity contribution >= 4 is 35.4 Å². The van der Waals surface area contributed by atoms with E-state index in [1.807, 2.05) is 12.1 Å². The quantitative estimate of drug-likeness (QED) is 0.241. The van der Waals surface area contributed by atoms with Crippen LogP contribution in [0.5, 0.6) is 5.75 Å². The first-order chi connectivity index (χ1) is 14.0. The van der Waals surface area contributed by atoms with Crippen LogP contribution >= 0.6 is 12.2 Å². The van der Waals surface area contributed by atoms with Crippen LogP contribution in [0.3, 0.4) is 0 Å². The predicted octanol–water partition coefficient (Wildman–Crippen LogP) is 2.48. The zero-order chi connectivity index (χ0) is 20.8. The summed E-state index contributed by atoms with van der Waals surface area (Å²) in [6.07, 6.45) is 3.28. The Bertz CT molecular complexity index is 968. The molecule has 0 unspecified atom stereocenters. The van der Waals surface area contributed by atoms with Gasteiger partial charge in [0, 0.05) is 12.1 Å². The smallest absolute Gasteiger partial charge is 0.261 e. The highest BCUT2D eigenvalue weighted by atomic mass is 32.1. The Balaban J connectivity index is 1.76. The summed E-state index contributed by atoms with van der Waals surface area (Å²) in [6, 6.07) is 12.2. The third-order valence-corrected chi connectivity index (χ3v) is 4.53. The molecule has 0 saturated carbocycles. The Hall–Kier alpha value is -3.52. The molecule has 2 aromatic carbocycles. The van der Waals surface area contributed by atoms with Crippen LogP contribution in [-0.2, 0) is 6.54 Å². The van der Waals surface area contributed by atoms with E-state index >= 15 is 0 Å². The molecule has 0 saturated heterocycles. The molecule has 0 radical (unpaired) electrons. The standard InChI is InChI=1S/C21H20N4O3S/c1-3-10-22-21(29)24-23-12-14-8-9-18(28-2)15(11-14)13-25-19(26)16-6-4-5-7-17(16)20(25)27/h3-9,11-12H,1,10,13H2,2H3,(H2,22,24,29)/b23-12+. The molecule has 0 aromatic heterocycles. The number of ether oxygens (including phenoxy) is 1. The van der Waals surface area contributed by atoms with Gasteiger partial charge in [-0.25, -0.2) is 0 Å². The molecule has 2 aromatic rings. The van der Waals surface area contributed by atoms with E-state index in [2.05, 4.69) is 22.4 Å². The van der Waals surface area contributed by atoms with Gasteiger partial charge in [-0.1, -0.05) is 18.2 Å². The van der Waals surface area contributed by atoms with Crippen LogP contribution in [0.25, 0.3) is 0 Å². The van der Waals surface area contributed by atoms with E-state index in [1.54, 1.807) is 49.7 Å². The van der Waals surface area contributed by atoms with Crippen molar-refractivity contribution in [2.75, 3.05) is 13.7 Å². The van der Waals surface area contributed by atoms with Crippen molar-refractivity contribution < 1.29 is 14.3 Å². The lowest BCUT2D eigenvalue weighted by atomic mass is 10.1. The minimum atomic E-state index is -0.313. The molecule has 0 bridgehead atoms. The summed E-state index contributed by atoms with van der Waals surface area (Å²) in [5.41, 5.74) is 4.99. The molecule has 2 amide bonds. The monoisotopic (exact) mass is 408 g/mol. The first-order valence-electron chi connectivity index (χ1n) is 8.85. The Labute approximate surface area is 174 Å². The maximum atomic E-state index is 12.6. The molecular weight excluding hydrogens is 388 g/mol. The number of carbonyl (C=O) groups excluding carboxylic acids is 2. The second-order valence-corrected chi connectivity index (χ2v) is 6.59. The van der Waals surface area contributed by atoms with Gasteiger partial charge in [-0.3, -0.25) is 19.9 Å². The maximum Gasteiger partial charge on any atom is 0.261 e. The molecule has 1 aliphatic heterocycles. The molecule has 0 spiro atoms. The van der Waals surface area contributed by atoms with Crippen molar-refractivity contribution in [3.8, 4) is 5.75 Å². The largest absolute Gasteiger partial charge is 0.496 e. The van der Waals surface area contributed by atoms with Crippen LogP contribution in [0.2, 0.25) is 0 Å². The van der Waals surface area contributed by atoms with E-state index in [0.717, 1.165) is 5.56 Å². The summed E-state index contributed by atoms with van der Waals surface area (Å²) in [7, 11) is 1.54. The number of fused-ring (bicyclic) bond motifs is 1. The Morgan fingerprint density at radius 3 is 2.52 bits per heavy atom. The van der Waals surface area contributed by atoms with Gasteiger partial charge in [0.25, 0.3) is 11.8 Å². The van der Waals surface area contributed by atoms with Gasteiger partial charge in [-0.15, -0.1) is 6.58 Å². The molecule has 148 valence electrons. The van der Waals surface area contributed by atoms with Gasteiger partial charge in [0.15, 0.2) is 5.11 Å². The van der Waals surface area contributed by atoms with Crippen LogP contribution in [0.15, 0.2) is 60.2 Å². The molecule has 3 rings (SSSR count). The van der Waals surface area contributed by atoms with Gasteiger partial charge < -0.3 is 10.1 Å². The van der Waals surface area contributed by atoms with Crippen LogP contribution in [0.1, 0.15) is 31.8 Å². The van der Waals surface area contributed by atoms with Crippen molar-refractivity contribution in [2.45, 2.75) is 6.54 Å². The number of hydrazone groups is 1. The highest BCUT2D eigenvalue weighted by Crippen LogP contribution is 2.27. The van der Waals surface area contributed by atoms with Crippen LogP contribution in [0, 0.1) is 0 Å². The summed E-state index contributed by atoms with van der Waals surface area (Å²) >= 11 is 5.07.